The fourth-order valence-electron chi connectivity index (χ4n) is 6.13. The van der Waals surface area contributed by atoms with Crippen LogP contribution in [-0.4, -0.2) is 48.0 Å². The summed E-state index contributed by atoms with van der Waals surface area (Å²) in [5.41, 5.74) is 4.63. The summed E-state index contributed by atoms with van der Waals surface area (Å²) in [7, 11) is 0. The molecule has 250 valence electrons. The summed E-state index contributed by atoms with van der Waals surface area (Å²) in [6.45, 7) is 4.38. The molecule has 2 aromatic heterocycles. The quantitative estimate of drug-likeness (QED) is 0.183. The normalized spacial score (nSPS) is 15.5. The van der Waals surface area contributed by atoms with Gasteiger partial charge in [0, 0.05) is 40.4 Å². The molecule has 2 aliphatic rings. The molecule has 0 unspecified atom stereocenters. The fraction of sp³-hybridized carbons (Fsp3) is 0.270. The Morgan fingerprint density at radius 2 is 1.82 bits per heavy atom. The molecule has 1 saturated carbocycles. The van der Waals surface area contributed by atoms with Crippen LogP contribution < -0.4 is 15.7 Å². The first-order valence-electron chi connectivity index (χ1n) is 16.3. The van der Waals surface area contributed by atoms with Gasteiger partial charge in [0.2, 0.25) is 0 Å². The van der Waals surface area contributed by atoms with Gasteiger partial charge in [-0.1, -0.05) is 42.8 Å². The highest BCUT2D eigenvalue weighted by molar-refractivity contribution is 9.10. The predicted molar refractivity (Wildman–Crippen MR) is 190 cm³/mol. The van der Waals surface area contributed by atoms with Crippen molar-refractivity contribution in [2.45, 2.75) is 64.9 Å². The average molecular weight is 742 g/mol. The maximum absolute atomic E-state index is 14.3. The van der Waals surface area contributed by atoms with Gasteiger partial charge in [-0.15, -0.1) is 0 Å². The van der Waals surface area contributed by atoms with E-state index in [4.69, 9.17) is 16.3 Å². The number of rotatable bonds is 9. The van der Waals surface area contributed by atoms with Crippen molar-refractivity contribution in [2.24, 2.45) is 0 Å². The molecule has 1 aliphatic heterocycles. The molecule has 0 radical (unpaired) electrons. The maximum atomic E-state index is 14.3. The van der Waals surface area contributed by atoms with Crippen LogP contribution in [0.25, 0.3) is 16.9 Å². The summed E-state index contributed by atoms with van der Waals surface area (Å²) in [5, 5.41) is 3.49. The number of hydrogen-bond donors (Lipinski definition) is 1. The van der Waals surface area contributed by atoms with Gasteiger partial charge in [0.25, 0.3) is 11.8 Å². The number of carbonyl (C=O) groups is 2. The monoisotopic (exact) mass is 740 g/mol. The average Bonchev–Trinajstić information content (AvgIpc) is 3.90. The van der Waals surface area contributed by atoms with Crippen LogP contribution in [0.5, 0.6) is 5.75 Å². The minimum absolute atomic E-state index is 0.0544. The van der Waals surface area contributed by atoms with E-state index in [0.29, 0.717) is 32.2 Å². The van der Waals surface area contributed by atoms with E-state index in [1.165, 1.54) is 4.57 Å². The van der Waals surface area contributed by atoms with Crippen molar-refractivity contribution in [1.82, 2.24) is 29.3 Å². The molecular formula is C37H34BrClN6O4. The number of aryl methyl sites for hydroxylation is 1. The third-order valence-electron chi connectivity index (χ3n) is 8.93. The lowest BCUT2D eigenvalue weighted by atomic mass is 10.0. The summed E-state index contributed by atoms with van der Waals surface area (Å²) in [6.07, 6.45) is 4.59. The molecule has 0 spiro atoms. The Hall–Kier alpha value is -4.74. The minimum atomic E-state index is -0.440. The molecule has 12 heteroatoms. The van der Waals surface area contributed by atoms with E-state index in [0.717, 1.165) is 41.8 Å². The number of ether oxygens (including phenoxy) is 1. The van der Waals surface area contributed by atoms with Crippen LogP contribution >= 0.6 is 27.5 Å². The molecule has 7 rings (SSSR count). The van der Waals surface area contributed by atoms with E-state index in [9.17, 15) is 14.4 Å². The Kier molecular flexibility index (Phi) is 9.13. The molecule has 0 saturated heterocycles. The Morgan fingerprint density at radius 1 is 1.04 bits per heavy atom. The van der Waals surface area contributed by atoms with Gasteiger partial charge in [-0.2, -0.15) is 0 Å². The Balaban J connectivity index is 1.25. The second-order valence-corrected chi connectivity index (χ2v) is 13.6. The van der Waals surface area contributed by atoms with Gasteiger partial charge >= 0.3 is 5.69 Å². The highest BCUT2D eigenvalue weighted by Crippen LogP contribution is 2.30. The number of nitrogens with zero attached hydrogens (tertiary/aromatic N) is 5. The molecule has 1 aliphatic carbocycles. The topological polar surface area (TPSA) is 111 Å². The molecule has 5 aromatic rings. The van der Waals surface area contributed by atoms with Crippen molar-refractivity contribution in [3.8, 4) is 22.7 Å². The zero-order valence-corrected chi connectivity index (χ0v) is 29.4. The van der Waals surface area contributed by atoms with Crippen molar-refractivity contribution in [3.05, 3.63) is 127 Å². The van der Waals surface area contributed by atoms with Gasteiger partial charge < -0.3 is 15.0 Å². The first-order valence-corrected chi connectivity index (χ1v) is 17.4. The van der Waals surface area contributed by atoms with E-state index >= 15 is 0 Å². The smallest absolute Gasteiger partial charge is 0.333 e. The lowest BCUT2D eigenvalue weighted by Crippen LogP contribution is -2.47. The number of fused-ring (bicyclic) bond motifs is 1. The largest absolute Gasteiger partial charge is 0.490 e. The summed E-state index contributed by atoms with van der Waals surface area (Å²) in [5.74, 6) is 0.0245. The van der Waals surface area contributed by atoms with Gasteiger partial charge in [0.15, 0.2) is 0 Å². The predicted octanol–water partition coefficient (Wildman–Crippen LogP) is 6.59. The number of nitrogens with one attached hydrogen (secondary N) is 1. The van der Waals surface area contributed by atoms with Crippen LogP contribution in [-0.2, 0) is 26.1 Å². The van der Waals surface area contributed by atoms with Gasteiger partial charge in [-0.05, 0) is 96.2 Å². The molecule has 1 atom stereocenters. The molecule has 3 aromatic carbocycles. The van der Waals surface area contributed by atoms with Crippen LogP contribution in [0.1, 0.15) is 64.5 Å². The van der Waals surface area contributed by atoms with E-state index in [1.54, 1.807) is 46.1 Å². The highest BCUT2D eigenvalue weighted by Gasteiger charge is 2.35. The summed E-state index contributed by atoms with van der Waals surface area (Å²) in [6, 6.07) is 21.6. The zero-order chi connectivity index (χ0) is 34.2. The third kappa shape index (κ3) is 6.65. The molecule has 10 nitrogen and oxygen atoms in total. The van der Waals surface area contributed by atoms with Crippen LogP contribution in [0.15, 0.2) is 88.4 Å². The standard InChI is InChI=1S/C37H34BrClN6O4/c1-3-25-17-32(42-21-41-25)29-7-5-4-6-24(29)18-40-35(46)34-33-20-43(36(47)23-8-15-30(38)31(39)16-23)22(2)19-44(33)37(48)45(34)26-9-11-27(12-10-26)49-28-13-14-28/h4-12,15-17,21-22,28H,3,13-14,18-20H2,1-2H3,(H,40,46)/t22-/m0/s1. The van der Waals surface area contributed by atoms with E-state index in [-0.39, 0.29) is 49.1 Å². The second kappa shape index (κ2) is 13.6. The number of amides is 2. The minimum Gasteiger partial charge on any atom is -0.490 e. The van der Waals surface area contributed by atoms with Gasteiger partial charge in [0.1, 0.15) is 17.8 Å². The SMILES string of the molecule is CCc1cc(-c2ccccc2CNC(=O)c2c3n(c(=O)n2-c2ccc(OC4CC4)cc2)C[C@H](C)N(C(=O)c2ccc(Br)c(Cl)c2)C3)ncn1. The number of aromatic nitrogens is 4. The number of carbonyl (C=O) groups excluding carboxylic acids is 2. The van der Waals surface area contributed by atoms with Crippen LogP contribution in [0, 0.1) is 0 Å². The van der Waals surface area contributed by atoms with E-state index < -0.39 is 5.91 Å². The Bertz CT molecular complexity index is 2120. The molecule has 1 fully saturated rings. The molecule has 1 N–H and O–H groups in total. The van der Waals surface area contributed by atoms with E-state index in [2.05, 4.69) is 31.2 Å². The lowest BCUT2D eigenvalue weighted by molar-refractivity contribution is 0.0610. The molecule has 3 heterocycles. The number of benzene rings is 3. The van der Waals surface area contributed by atoms with Crippen LogP contribution in [0.2, 0.25) is 5.02 Å². The number of halogens is 2. The van der Waals surface area contributed by atoms with Crippen molar-refractivity contribution in [1.29, 1.82) is 0 Å². The Morgan fingerprint density at radius 3 is 2.55 bits per heavy atom. The van der Waals surface area contributed by atoms with Crippen molar-refractivity contribution >= 4 is 39.3 Å². The van der Waals surface area contributed by atoms with Gasteiger partial charge in [0.05, 0.1) is 34.7 Å². The maximum Gasteiger partial charge on any atom is 0.333 e. The number of imidazole rings is 1. The zero-order valence-electron chi connectivity index (χ0n) is 27.0. The summed E-state index contributed by atoms with van der Waals surface area (Å²) in [4.78, 5) is 52.8. The molecule has 49 heavy (non-hydrogen) atoms. The van der Waals surface area contributed by atoms with Crippen LogP contribution in [0.4, 0.5) is 0 Å². The second-order valence-electron chi connectivity index (χ2n) is 12.3. The van der Waals surface area contributed by atoms with Crippen molar-refractivity contribution < 1.29 is 14.3 Å². The molecule has 2 amide bonds. The lowest BCUT2D eigenvalue weighted by Gasteiger charge is -2.34. The Labute approximate surface area is 296 Å². The summed E-state index contributed by atoms with van der Waals surface area (Å²) >= 11 is 9.72. The van der Waals surface area contributed by atoms with Gasteiger partial charge in [-0.3, -0.25) is 18.7 Å². The van der Waals surface area contributed by atoms with Gasteiger partial charge in [-0.25, -0.2) is 14.8 Å². The first-order chi connectivity index (χ1) is 23.7. The van der Waals surface area contributed by atoms with E-state index in [1.807, 2.05) is 56.3 Å². The summed E-state index contributed by atoms with van der Waals surface area (Å²) < 4.78 is 9.66. The third-order valence-corrected chi connectivity index (χ3v) is 10.2. The van der Waals surface area contributed by atoms with Crippen LogP contribution in [0.3, 0.4) is 0 Å². The van der Waals surface area contributed by atoms with Crippen molar-refractivity contribution in [2.75, 3.05) is 0 Å². The van der Waals surface area contributed by atoms with Crippen molar-refractivity contribution in [3.63, 3.8) is 0 Å². The molecule has 0 bridgehead atoms. The first kappa shape index (κ1) is 32.8. The highest BCUT2D eigenvalue weighted by atomic mass is 79.9. The fourth-order valence-corrected chi connectivity index (χ4v) is 6.56. The number of hydrogen-bond acceptors (Lipinski definition) is 6. The molecular weight excluding hydrogens is 708 g/mol.